The fraction of sp³-hybridized carbons (Fsp3) is 0.278. The molecule has 0 saturated carbocycles. The summed E-state index contributed by atoms with van der Waals surface area (Å²) in [4.78, 5) is 15.1. The Labute approximate surface area is 136 Å². The van der Waals surface area contributed by atoms with Crippen LogP contribution in [0.4, 0.5) is 5.69 Å². The first-order valence-electron chi connectivity index (χ1n) is 7.59. The Bertz CT molecular complexity index is 578. The van der Waals surface area contributed by atoms with Gasteiger partial charge in [0.15, 0.2) is 0 Å². The average molecular weight is 314 g/mol. The topological polar surface area (TPSA) is 32.3 Å². The summed E-state index contributed by atoms with van der Waals surface area (Å²) in [7, 11) is 0. The number of benzene rings is 1. The highest BCUT2D eigenvalue weighted by Gasteiger charge is 2.03. The molecule has 4 heteroatoms. The molecule has 1 heterocycles. The van der Waals surface area contributed by atoms with Crippen molar-refractivity contribution in [2.24, 2.45) is 0 Å². The lowest BCUT2D eigenvalue weighted by molar-refractivity contribution is -0.116. The van der Waals surface area contributed by atoms with Gasteiger partial charge in [0, 0.05) is 36.3 Å². The lowest BCUT2D eigenvalue weighted by Crippen LogP contribution is -2.29. The van der Waals surface area contributed by atoms with Crippen molar-refractivity contribution >= 4 is 29.0 Å². The molecule has 1 aromatic heterocycles. The van der Waals surface area contributed by atoms with Crippen molar-refractivity contribution in [2.45, 2.75) is 13.3 Å². The molecule has 116 valence electrons. The van der Waals surface area contributed by atoms with Crippen LogP contribution in [0.5, 0.6) is 0 Å². The zero-order chi connectivity index (χ0) is 15.6. The highest BCUT2D eigenvalue weighted by molar-refractivity contribution is 7.10. The molecular formula is C18H22N2OS. The smallest absolute Gasteiger partial charge is 0.244 e. The van der Waals surface area contributed by atoms with E-state index in [0.29, 0.717) is 6.54 Å². The molecular weight excluding hydrogens is 292 g/mol. The van der Waals surface area contributed by atoms with Crippen LogP contribution in [0.1, 0.15) is 18.2 Å². The molecule has 0 radical (unpaired) electrons. The number of nitrogens with zero attached hydrogens (tertiary/aromatic N) is 1. The van der Waals surface area contributed by atoms with Gasteiger partial charge in [-0.05, 0) is 43.0 Å². The Morgan fingerprint density at radius 1 is 1.23 bits per heavy atom. The summed E-state index contributed by atoms with van der Waals surface area (Å²) in [5.74, 6) is -0.0313. The van der Waals surface area contributed by atoms with Crippen molar-refractivity contribution < 1.29 is 4.79 Å². The molecule has 0 spiro atoms. The summed E-state index contributed by atoms with van der Waals surface area (Å²) in [6.45, 7) is 4.75. The summed E-state index contributed by atoms with van der Waals surface area (Å²) in [6.07, 6.45) is 4.38. The maximum atomic E-state index is 11.7. The van der Waals surface area contributed by atoms with Gasteiger partial charge in [0.05, 0.1) is 0 Å². The first-order chi connectivity index (χ1) is 10.8. The third-order valence-electron chi connectivity index (χ3n) is 3.35. The van der Waals surface area contributed by atoms with E-state index in [1.54, 1.807) is 17.4 Å². The largest absolute Gasteiger partial charge is 0.372 e. The van der Waals surface area contributed by atoms with Crippen molar-refractivity contribution in [1.29, 1.82) is 0 Å². The minimum Gasteiger partial charge on any atom is -0.372 e. The Kier molecular flexibility index (Phi) is 6.71. The number of thiophene rings is 1. The van der Waals surface area contributed by atoms with Gasteiger partial charge in [-0.15, -0.1) is 11.3 Å². The van der Waals surface area contributed by atoms with Gasteiger partial charge in [0.25, 0.3) is 0 Å². The van der Waals surface area contributed by atoms with Gasteiger partial charge in [-0.1, -0.05) is 24.3 Å². The molecule has 0 unspecified atom stereocenters. The number of amides is 1. The van der Waals surface area contributed by atoms with Gasteiger partial charge >= 0.3 is 0 Å². The first-order valence-corrected chi connectivity index (χ1v) is 8.47. The summed E-state index contributed by atoms with van der Waals surface area (Å²) >= 11 is 1.62. The Hall–Kier alpha value is -2.07. The van der Waals surface area contributed by atoms with Gasteiger partial charge in [-0.3, -0.25) is 4.79 Å². The standard InChI is InChI=1S/C18H22N2OS/c1-2-20(16-8-4-3-5-9-16)14-7-13-19-18(21)12-11-17-10-6-15-22-17/h3-6,8-12,15H,2,7,13-14H2,1H3,(H,19,21)/b12-11+. The fourth-order valence-electron chi connectivity index (χ4n) is 2.19. The van der Waals surface area contributed by atoms with Crippen LogP contribution in [0.25, 0.3) is 6.08 Å². The number of hydrogen-bond acceptors (Lipinski definition) is 3. The third-order valence-corrected chi connectivity index (χ3v) is 4.19. The summed E-state index contributed by atoms with van der Waals surface area (Å²) in [5.41, 5.74) is 1.23. The maximum Gasteiger partial charge on any atom is 0.244 e. The quantitative estimate of drug-likeness (QED) is 0.594. The van der Waals surface area contributed by atoms with Crippen molar-refractivity contribution in [1.82, 2.24) is 5.32 Å². The van der Waals surface area contributed by atoms with E-state index in [1.165, 1.54) is 5.69 Å². The lowest BCUT2D eigenvalue weighted by Gasteiger charge is -2.23. The van der Waals surface area contributed by atoms with Gasteiger partial charge < -0.3 is 10.2 Å². The van der Waals surface area contributed by atoms with Crippen LogP contribution in [0.3, 0.4) is 0 Å². The summed E-state index contributed by atoms with van der Waals surface area (Å²) in [6, 6.07) is 14.3. The van der Waals surface area contributed by atoms with Gasteiger partial charge in [-0.2, -0.15) is 0 Å². The Balaban J connectivity index is 1.69. The van der Waals surface area contributed by atoms with Crippen LogP contribution in [0.2, 0.25) is 0 Å². The molecule has 0 atom stereocenters. The van der Waals surface area contributed by atoms with E-state index in [-0.39, 0.29) is 5.91 Å². The van der Waals surface area contributed by atoms with E-state index in [9.17, 15) is 4.79 Å². The van der Waals surface area contributed by atoms with Crippen LogP contribution in [0, 0.1) is 0 Å². The number of rotatable bonds is 8. The number of hydrogen-bond donors (Lipinski definition) is 1. The van der Waals surface area contributed by atoms with Gasteiger partial charge in [0.2, 0.25) is 5.91 Å². The number of anilines is 1. The lowest BCUT2D eigenvalue weighted by atomic mass is 10.2. The molecule has 0 aliphatic carbocycles. The van der Waals surface area contributed by atoms with Crippen LogP contribution in [0.15, 0.2) is 53.9 Å². The maximum absolute atomic E-state index is 11.7. The number of nitrogens with one attached hydrogen (secondary N) is 1. The van der Waals surface area contributed by atoms with E-state index in [0.717, 1.165) is 24.4 Å². The number of carbonyl (C=O) groups excluding carboxylic acids is 1. The SMILES string of the molecule is CCN(CCCNC(=O)/C=C/c1cccs1)c1ccccc1. The number of carbonyl (C=O) groups is 1. The fourth-order valence-corrected chi connectivity index (χ4v) is 2.81. The van der Waals surface area contributed by atoms with Crippen molar-refractivity contribution in [2.75, 3.05) is 24.5 Å². The van der Waals surface area contributed by atoms with E-state index in [2.05, 4.69) is 41.4 Å². The molecule has 0 aliphatic rings. The van der Waals surface area contributed by atoms with E-state index in [4.69, 9.17) is 0 Å². The zero-order valence-corrected chi connectivity index (χ0v) is 13.7. The molecule has 1 amide bonds. The Morgan fingerprint density at radius 2 is 2.05 bits per heavy atom. The Morgan fingerprint density at radius 3 is 2.73 bits per heavy atom. The second-order valence-electron chi connectivity index (χ2n) is 4.91. The molecule has 3 nitrogen and oxygen atoms in total. The molecule has 1 N–H and O–H groups in total. The van der Waals surface area contributed by atoms with Crippen molar-refractivity contribution in [3.63, 3.8) is 0 Å². The van der Waals surface area contributed by atoms with Gasteiger partial charge in [-0.25, -0.2) is 0 Å². The van der Waals surface area contributed by atoms with Crippen LogP contribution in [-0.4, -0.2) is 25.5 Å². The third kappa shape index (κ3) is 5.37. The van der Waals surface area contributed by atoms with Crippen molar-refractivity contribution in [3.8, 4) is 0 Å². The molecule has 22 heavy (non-hydrogen) atoms. The summed E-state index contributed by atoms with van der Waals surface area (Å²) < 4.78 is 0. The second kappa shape index (κ2) is 9.05. The molecule has 1 aromatic carbocycles. The van der Waals surface area contributed by atoms with Crippen LogP contribution in [-0.2, 0) is 4.79 Å². The molecule has 0 bridgehead atoms. The van der Waals surface area contributed by atoms with E-state index < -0.39 is 0 Å². The predicted octanol–water partition coefficient (Wildman–Crippen LogP) is 3.79. The predicted molar refractivity (Wildman–Crippen MR) is 95.3 cm³/mol. The monoisotopic (exact) mass is 314 g/mol. The minimum atomic E-state index is -0.0313. The van der Waals surface area contributed by atoms with E-state index >= 15 is 0 Å². The molecule has 0 fully saturated rings. The highest BCUT2D eigenvalue weighted by atomic mass is 32.1. The first kappa shape index (κ1) is 16.3. The van der Waals surface area contributed by atoms with Crippen LogP contribution >= 0.6 is 11.3 Å². The molecule has 2 rings (SSSR count). The average Bonchev–Trinajstić information content (AvgIpc) is 3.07. The minimum absolute atomic E-state index is 0.0313. The van der Waals surface area contributed by atoms with Gasteiger partial charge in [0.1, 0.15) is 0 Å². The normalized spacial score (nSPS) is 10.8. The summed E-state index contributed by atoms with van der Waals surface area (Å²) in [5, 5.41) is 4.93. The van der Waals surface area contributed by atoms with Crippen molar-refractivity contribution in [3.05, 3.63) is 58.8 Å². The second-order valence-corrected chi connectivity index (χ2v) is 5.89. The number of para-hydroxylation sites is 1. The molecule has 0 saturated heterocycles. The highest BCUT2D eigenvalue weighted by Crippen LogP contribution is 2.12. The van der Waals surface area contributed by atoms with E-state index in [1.807, 2.05) is 29.7 Å². The molecule has 0 aliphatic heterocycles. The zero-order valence-electron chi connectivity index (χ0n) is 12.9. The molecule has 2 aromatic rings. The van der Waals surface area contributed by atoms with Crippen LogP contribution < -0.4 is 10.2 Å².